The van der Waals surface area contributed by atoms with E-state index in [1.165, 1.54) is 31.4 Å². The first-order valence-electron chi connectivity index (χ1n) is 9.90. The Balaban J connectivity index is 1.60. The predicted molar refractivity (Wildman–Crippen MR) is 100 cm³/mol. The lowest BCUT2D eigenvalue weighted by molar-refractivity contribution is 0.170. The molecule has 2 aliphatic rings. The third-order valence-electron chi connectivity index (χ3n) is 6.39. The number of hydrogen-bond donors (Lipinski definition) is 1. The van der Waals surface area contributed by atoms with E-state index in [4.69, 9.17) is 0 Å². The van der Waals surface area contributed by atoms with Gasteiger partial charge in [0.15, 0.2) is 5.54 Å². The third kappa shape index (κ3) is 3.49. The van der Waals surface area contributed by atoms with Gasteiger partial charge >= 0.3 is 0 Å². The molecule has 2 fully saturated rings. The van der Waals surface area contributed by atoms with Gasteiger partial charge in [0, 0.05) is 6.54 Å². The number of benzene rings is 1. The summed E-state index contributed by atoms with van der Waals surface area (Å²) in [6.45, 7) is 2.84. The number of aromatic nitrogens is 3. The van der Waals surface area contributed by atoms with Crippen molar-refractivity contribution < 1.29 is 4.39 Å². The SMILES string of the molecule is C[C@](NCc1ccc(F)cc1)(c1cn(C2(C#N)CC2)nn1)C1CCCCC1. The second kappa shape index (κ2) is 7.05. The molecule has 1 aromatic heterocycles. The molecule has 0 radical (unpaired) electrons. The van der Waals surface area contributed by atoms with Crippen LogP contribution in [0.4, 0.5) is 4.39 Å². The van der Waals surface area contributed by atoms with E-state index in [1.54, 1.807) is 4.68 Å². The molecule has 2 aliphatic carbocycles. The second-order valence-corrected chi connectivity index (χ2v) is 8.21. The van der Waals surface area contributed by atoms with E-state index in [-0.39, 0.29) is 11.4 Å². The average Bonchev–Trinajstić information content (AvgIpc) is 3.35. The van der Waals surface area contributed by atoms with E-state index < -0.39 is 5.54 Å². The second-order valence-electron chi connectivity index (χ2n) is 8.21. The highest BCUT2D eigenvalue weighted by molar-refractivity contribution is 5.21. The normalized spacial score (nSPS) is 21.4. The number of nitrogens with one attached hydrogen (secondary N) is 1. The van der Waals surface area contributed by atoms with Crippen molar-refractivity contribution in [3.63, 3.8) is 0 Å². The smallest absolute Gasteiger partial charge is 0.150 e. The van der Waals surface area contributed by atoms with Crippen LogP contribution in [0.25, 0.3) is 0 Å². The van der Waals surface area contributed by atoms with Crippen LogP contribution in [0, 0.1) is 23.1 Å². The van der Waals surface area contributed by atoms with Gasteiger partial charge in [0.25, 0.3) is 0 Å². The first-order valence-corrected chi connectivity index (χ1v) is 9.90. The summed E-state index contributed by atoms with van der Waals surface area (Å²) < 4.78 is 15.0. The molecule has 0 unspecified atom stereocenters. The molecule has 2 aromatic rings. The fourth-order valence-corrected chi connectivity index (χ4v) is 4.23. The zero-order valence-electron chi connectivity index (χ0n) is 15.8. The van der Waals surface area contributed by atoms with Crippen molar-refractivity contribution in [1.29, 1.82) is 5.26 Å². The van der Waals surface area contributed by atoms with Crippen LogP contribution in [-0.2, 0) is 17.6 Å². The number of rotatable bonds is 6. The molecule has 142 valence electrons. The summed E-state index contributed by atoms with van der Waals surface area (Å²) in [6, 6.07) is 9.00. The van der Waals surface area contributed by atoms with E-state index in [9.17, 15) is 9.65 Å². The molecule has 1 aromatic carbocycles. The lowest BCUT2D eigenvalue weighted by Gasteiger charge is -2.39. The summed E-state index contributed by atoms with van der Waals surface area (Å²) in [5, 5.41) is 21.9. The molecule has 0 amide bonds. The van der Waals surface area contributed by atoms with Gasteiger partial charge < -0.3 is 5.32 Å². The van der Waals surface area contributed by atoms with Crippen LogP contribution in [0.1, 0.15) is 63.1 Å². The summed E-state index contributed by atoms with van der Waals surface area (Å²) >= 11 is 0. The summed E-state index contributed by atoms with van der Waals surface area (Å²) in [6.07, 6.45) is 9.71. The van der Waals surface area contributed by atoms with Gasteiger partial charge in [-0.3, -0.25) is 0 Å². The monoisotopic (exact) mass is 367 g/mol. The van der Waals surface area contributed by atoms with Crippen LogP contribution in [-0.4, -0.2) is 15.0 Å². The van der Waals surface area contributed by atoms with Crippen LogP contribution >= 0.6 is 0 Å². The van der Waals surface area contributed by atoms with Crippen molar-refractivity contribution in [3.05, 3.63) is 47.5 Å². The van der Waals surface area contributed by atoms with E-state index in [0.29, 0.717) is 12.5 Å². The van der Waals surface area contributed by atoms with Crippen LogP contribution in [0.2, 0.25) is 0 Å². The highest BCUT2D eigenvalue weighted by Gasteiger charge is 2.48. The van der Waals surface area contributed by atoms with E-state index in [2.05, 4.69) is 28.6 Å². The predicted octanol–water partition coefficient (Wildman–Crippen LogP) is 4.02. The molecule has 0 spiro atoms. The van der Waals surface area contributed by atoms with Gasteiger partial charge in [-0.05, 0) is 56.2 Å². The van der Waals surface area contributed by atoms with Crippen molar-refractivity contribution in [2.45, 2.75) is 69.5 Å². The molecule has 4 rings (SSSR count). The van der Waals surface area contributed by atoms with E-state index in [1.807, 2.05) is 18.3 Å². The molecule has 6 heteroatoms. The molecular formula is C21H26FN5. The summed E-state index contributed by atoms with van der Waals surface area (Å²) in [5.41, 5.74) is 1.13. The number of hydrogen-bond acceptors (Lipinski definition) is 4. The van der Waals surface area contributed by atoms with Gasteiger partial charge in [-0.1, -0.05) is 36.6 Å². The van der Waals surface area contributed by atoms with Crippen molar-refractivity contribution in [2.24, 2.45) is 5.92 Å². The molecule has 1 heterocycles. The standard InChI is InChI=1S/C21H26FN5/c1-20(17-5-3-2-4-6-17,24-13-16-7-9-18(22)10-8-16)19-14-27(26-25-19)21(15-23)11-12-21/h7-10,14,17,24H,2-6,11-13H2,1H3/t20-/m1/s1. The van der Waals surface area contributed by atoms with Crippen LogP contribution in [0.15, 0.2) is 30.5 Å². The average molecular weight is 367 g/mol. The molecule has 0 saturated heterocycles. The highest BCUT2D eigenvalue weighted by atomic mass is 19.1. The van der Waals surface area contributed by atoms with Crippen molar-refractivity contribution in [1.82, 2.24) is 20.3 Å². The molecule has 1 N–H and O–H groups in total. The fourth-order valence-electron chi connectivity index (χ4n) is 4.23. The van der Waals surface area contributed by atoms with Crippen LogP contribution in [0.5, 0.6) is 0 Å². The number of halogens is 1. The Morgan fingerprint density at radius 2 is 1.96 bits per heavy atom. The van der Waals surface area contributed by atoms with Gasteiger partial charge in [-0.2, -0.15) is 5.26 Å². The van der Waals surface area contributed by atoms with E-state index in [0.717, 1.165) is 36.9 Å². The van der Waals surface area contributed by atoms with E-state index >= 15 is 0 Å². The fraction of sp³-hybridized carbons (Fsp3) is 0.571. The Kier molecular flexibility index (Phi) is 4.73. The van der Waals surface area contributed by atoms with Gasteiger partial charge in [-0.25, -0.2) is 9.07 Å². The van der Waals surface area contributed by atoms with Crippen molar-refractivity contribution in [3.8, 4) is 6.07 Å². The topological polar surface area (TPSA) is 66.5 Å². The Morgan fingerprint density at radius 1 is 1.26 bits per heavy atom. The molecule has 2 saturated carbocycles. The molecular weight excluding hydrogens is 341 g/mol. The van der Waals surface area contributed by atoms with Crippen molar-refractivity contribution in [2.75, 3.05) is 0 Å². The van der Waals surface area contributed by atoms with Gasteiger partial charge in [0.2, 0.25) is 0 Å². The minimum atomic E-state index is -0.490. The number of nitrogens with zero attached hydrogens (tertiary/aromatic N) is 4. The quantitative estimate of drug-likeness (QED) is 0.837. The molecule has 27 heavy (non-hydrogen) atoms. The highest BCUT2D eigenvalue weighted by Crippen LogP contribution is 2.44. The minimum Gasteiger partial charge on any atom is -0.302 e. The van der Waals surface area contributed by atoms with Crippen molar-refractivity contribution >= 4 is 0 Å². The Labute approximate surface area is 159 Å². The minimum absolute atomic E-state index is 0.219. The van der Waals surface area contributed by atoms with Crippen LogP contribution in [0.3, 0.4) is 0 Å². The number of nitriles is 1. The maximum atomic E-state index is 13.2. The zero-order valence-corrected chi connectivity index (χ0v) is 15.8. The Morgan fingerprint density at radius 3 is 2.59 bits per heavy atom. The van der Waals surface area contributed by atoms with Crippen LogP contribution < -0.4 is 5.32 Å². The molecule has 5 nitrogen and oxygen atoms in total. The molecule has 1 atom stereocenters. The molecule has 0 bridgehead atoms. The summed E-state index contributed by atoms with van der Waals surface area (Å²) in [7, 11) is 0. The summed E-state index contributed by atoms with van der Waals surface area (Å²) in [4.78, 5) is 0. The first-order chi connectivity index (χ1) is 13.1. The lowest BCUT2D eigenvalue weighted by atomic mass is 9.74. The van der Waals surface area contributed by atoms with Gasteiger partial charge in [0.1, 0.15) is 11.5 Å². The third-order valence-corrected chi connectivity index (χ3v) is 6.39. The Bertz CT molecular complexity index is 827. The maximum absolute atomic E-state index is 13.2. The Hall–Kier alpha value is -2.26. The first kappa shape index (κ1) is 18.1. The van der Waals surface area contributed by atoms with Gasteiger partial charge in [-0.15, -0.1) is 5.10 Å². The van der Waals surface area contributed by atoms with Gasteiger partial charge in [0.05, 0.1) is 17.8 Å². The zero-order chi connectivity index (χ0) is 18.9. The maximum Gasteiger partial charge on any atom is 0.150 e. The lowest BCUT2D eigenvalue weighted by Crippen LogP contribution is -2.46. The largest absolute Gasteiger partial charge is 0.302 e. The summed E-state index contributed by atoms with van der Waals surface area (Å²) in [5.74, 6) is 0.247. The molecule has 0 aliphatic heterocycles.